The van der Waals surface area contributed by atoms with Gasteiger partial charge in [-0.05, 0) is 30.7 Å². The van der Waals surface area contributed by atoms with Gasteiger partial charge < -0.3 is 19.7 Å². The second kappa shape index (κ2) is 11.8. The van der Waals surface area contributed by atoms with Crippen LogP contribution in [-0.4, -0.2) is 63.0 Å². The number of morpholine rings is 1. The maximum Gasteiger partial charge on any atom is 0.212 e. The summed E-state index contributed by atoms with van der Waals surface area (Å²) in [6, 6.07) is 13.8. The Morgan fingerprint density at radius 3 is 2.45 bits per heavy atom. The van der Waals surface area contributed by atoms with Gasteiger partial charge in [-0.2, -0.15) is 0 Å². The van der Waals surface area contributed by atoms with Gasteiger partial charge >= 0.3 is 0 Å². The zero-order valence-electron chi connectivity index (χ0n) is 24.3. The molecule has 1 saturated heterocycles. The summed E-state index contributed by atoms with van der Waals surface area (Å²) < 4.78 is 66.3. The fourth-order valence-electron chi connectivity index (χ4n) is 5.36. The molecule has 0 amide bonds. The molecule has 1 fully saturated rings. The van der Waals surface area contributed by atoms with E-state index in [2.05, 4.69) is 20.2 Å². The van der Waals surface area contributed by atoms with E-state index in [9.17, 15) is 12.8 Å². The normalized spacial score (nSPS) is 13.7. The summed E-state index contributed by atoms with van der Waals surface area (Å²) in [4.78, 5) is 15.9. The van der Waals surface area contributed by atoms with Crippen molar-refractivity contribution in [2.24, 2.45) is 0 Å². The second-order valence-corrected chi connectivity index (χ2v) is 12.4. The Hall–Kier alpha value is -4.68. The predicted molar refractivity (Wildman–Crippen MR) is 165 cm³/mol. The van der Waals surface area contributed by atoms with E-state index in [1.807, 2.05) is 12.1 Å². The highest BCUT2D eigenvalue weighted by Crippen LogP contribution is 2.41. The van der Waals surface area contributed by atoms with Crippen molar-refractivity contribution < 1.29 is 26.7 Å². The first-order valence-corrected chi connectivity index (χ1v) is 15.7. The summed E-state index contributed by atoms with van der Waals surface area (Å²) in [5.74, 6) is -1.19. The first-order valence-electron chi connectivity index (χ1n) is 13.8. The van der Waals surface area contributed by atoms with Crippen molar-refractivity contribution in [3.63, 3.8) is 0 Å². The third-order valence-corrected chi connectivity index (χ3v) is 8.67. The average molecular weight is 618 g/mol. The minimum Gasteiger partial charge on any atom is -0.481 e. The van der Waals surface area contributed by atoms with Crippen LogP contribution in [-0.2, 0) is 14.6 Å². The Balaban J connectivity index is 1.59. The van der Waals surface area contributed by atoms with Crippen LogP contribution in [0, 0.1) is 18.6 Å². The molecule has 3 aromatic heterocycles. The Morgan fingerprint density at radius 2 is 1.75 bits per heavy atom. The molecule has 44 heavy (non-hydrogen) atoms. The lowest BCUT2D eigenvalue weighted by Gasteiger charge is -2.29. The van der Waals surface area contributed by atoms with Crippen molar-refractivity contribution >= 4 is 37.8 Å². The van der Waals surface area contributed by atoms with Gasteiger partial charge in [-0.25, -0.2) is 27.2 Å². The van der Waals surface area contributed by atoms with Crippen LogP contribution in [0.25, 0.3) is 33.4 Å². The van der Waals surface area contributed by atoms with E-state index in [0.717, 1.165) is 24.1 Å². The van der Waals surface area contributed by atoms with Gasteiger partial charge in [0.15, 0.2) is 9.84 Å². The smallest absolute Gasteiger partial charge is 0.212 e. The zero-order chi connectivity index (χ0) is 31.0. The summed E-state index contributed by atoms with van der Waals surface area (Å²) in [5, 5.41) is 3.44. The molecule has 4 heterocycles. The number of aromatic nitrogens is 3. The number of anilines is 3. The van der Waals surface area contributed by atoms with Crippen LogP contribution in [0.4, 0.5) is 25.8 Å². The average Bonchev–Trinajstić information content (AvgIpc) is 3.02. The predicted octanol–water partition coefficient (Wildman–Crippen LogP) is 5.94. The largest absolute Gasteiger partial charge is 0.481 e. The van der Waals surface area contributed by atoms with Crippen molar-refractivity contribution in [2.45, 2.75) is 11.8 Å². The van der Waals surface area contributed by atoms with E-state index >= 15 is 4.39 Å². The molecule has 0 aliphatic carbocycles. The first kappa shape index (κ1) is 29.4. The maximum absolute atomic E-state index is 15.6. The fraction of sp³-hybridized carbons (Fsp3) is 0.219. The van der Waals surface area contributed by atoms with Crippen LogP contribution in [0.3, 0.4) is 0 Å². The third kappa shape index (κ3) is 5.65. The standard InChI is InChI=1S/C32H29F2N5O4S/c1-19-30(23-6-4-5-7-27(23)44(3,40)41)37-25-15-21(33)14-24(34)29(25)31(19)38-26-16-22(39-10-12-43-13-11-39)18-36-32(26)20-8-9-28(42-2)35-17-20/h4-9,14-18H,10-13H2,1-3H3,(H,37,38). The minimum absolute atomic E-state index is 0.0267. The molecule has 0 bridgehead atoms. The van der Waals surface area contributed by atoms with Gasteiger partial charge in [0.1, 0.15) is 11.6 Å². The molecule has 1 aliphatic heterocycles. The van der Waals surface area contributed by atoms with Gasteiger partial charge in [0, 0.05) is 54.9 Å². The number of sulfone groups is 1. The van der Waals surface area contributed by atoms with Crippen molar-refractivity contribution in [2.75, 3.05) is 49.9 Å². The highest BCUT2D eigenvalue weighted by Gasteiger charge is 2.24. The van der Waals surface area contributed by atoms with E-state index in [1.165, 1.54) is 13.2 Å². The van der Waals surface area contributed by atoms with E-state index in [0.29, 0.717) is 65.9 Å². The lowest BCUT2D eigenvalue weighted by Crippen LogP contribution is -2.36. The second-order valence-electron chi connectivity index (χ2n) is 10.4. The molecule has 0 spiro atoms. The number of hydrogen-bond acceptors (Lipinski definition) is 9. The van der Waals surface area contributed by atoms with Gasteiger partial charge in [-0.15, -0.1) is 0 Å². The topological polar surface area (TPSA) is 107 Å². The van der Waals surface area contributed by atoms with Crippen LogP contribution in [0.5, 0.6) is 5.88 Å². The maximum atomic E-state index is 15.6. The number of hydrogen-bond donors (Lipinski definition) is 1. The highest BCUT2D eigenvalue weighted by molar-refractivity contribution is 7.90. The quantitative estimate of drug-likeness (QED) is 0.238. The number of ether oxygens (including phenoxy) is 2. The van der Waals surface area contributed by atoms with Crippen LogP contribution in [0.2, 0.25) is 0 Å². The summed E-state index contributed by atoms with van der Waals surface area (Å²) in [6.07, 6.45) is 4.50. The molecule has 0 saturated carbocycles. The Kier molecular flexibility index (Phi) is 7.87. The molecule has 0 unspecified atom stereocenters. The lowest BCUT2D eigenvalue weighted by molar-refractivity contribution is 0.122. The highest BCUT2D eigenvalue weighted by atomic mass is 32.2. The Bertz CT molecular complexity index is 1980. The summed E-state index contributed by atoms with van der Waals surface area (Å²) in [5.41, 5.74) is 3.95. The molecule has 9 nitrogen and oxygen atoms in total. The molecule has 12 heteroatoms. The van der Waals surface area contributed by atoms with Gasteiger partial charge in [0.25, 0.3) is 0 Å². The van der Waals surface area contributed by atoms with E-state index in [4.69, 9.17) is 14.5 Å². The Morgan fingerprint density at radius 1 is 0.977 bits per heavy atom. The number of rotatable bonds is 7. The monoisotopic (exact) mass is 617 g/mol. The molecular formula is C32H29F2N5O4S. The number of nitrogens with zero attached hydrogens (tertiary/aromatic N) is 4. The molecule has 0 atom stereocenters. The van der Waals surface area contributed by atoms with Gasteiger partial charge in [0.05, 0.1) is 70.8 Å². The number of nitrogens with one attached hydrogen (secondary N) is 1. The molecular weight excluding hydrogens is 588 g/mol. The van der Waals surface area contributed by atoms with Gasteiger partial charge in [-0.1, -0.05) is 18.2 Å². The third-order valence-electron chi connectivity index (χ3n) is 7.52. The lowest BCUT2D eigenvalue weighted by atomic mass is 10.0. The molecule has 226 valence electrons. The van der Waals surface area contributed by atoms with Crippen LogP contribution < -0.4 is 15.0 Å². The summed E-state index contributed by atoms with van der Waals surface area (Å²) in [6.45, 7) is 4.20. The molecule has 0 radical (unpaired) electrons. The van der Waals surface area contributed by atoms with E-state index < -0.39 is 21.5 Å². The SMILES string of the molecule is COc1ccc(-c2ncc(N3CCOCC3)cc2Nc2c(C)c(-c3ccccc3S(C)(=O)=O)nc3cc(F)cc(F)c23)cn1. The first-order chi connectivity index (χ1) is 21.1. The van der Waals surface area contributed by atoms with Crippen molar-refractivity contribution in [3.8, 4) is 28.4 Å². The van der Waals surface area contributed by atoms with Gasteiger partial charge in [0.2, 0.25) is 5.88 Å². The van der Waals surface area contributed by atoms with Crippen molar-refractivity contribution in [1.29, 1.82) is 0 Å². The summed E-state index contributed by atoms with van der Waals surface area (Å²) >= 11 is 0. The zero-order valence-corrected chi connectivity index (χ0v) is 25.1. The van der Waals surface area contributed by atoms with Crippen LogP contribution >= 0.6 is 0 Å². The van der Waals surface area contributed by atoms with Gasteiger partial charge in [-0.3, -0.25) is 4.98 Å². The van der Waals surface area contributed by atoms with Crippen molar-refractivity contribution in [1.82, 2.24) is 15.0 Å². The number of benzene rings is 2. The molecule has 5 aromatic rings. The molecule has 1 N–H and O–H groups in total. The number of methoxy groups -OCH3 is 1. The van der Waals surface area contributed by atoms with Crippen LogP contribution in [0.1, 0.15) is 5.56 Å². The van der Waals surface area contributed by atoms with Crippen molar-refractivity contribution in [3.05, 3.63) is 84.2 Å². The number of halogens is 2. The Labute approximate surface area is 253 Å². The number of fused-ring (bicyclic) bond motifs is 1. The minimum atomic E-state index is -3.66. The van der Waals surface area contributed by atoms with E-state index in [-0.39, 0.29) is 21.5 Å². The molecule has 2 aromatic carbocycles. The molecule has 6 rings (SSSR count). The number of pyridine rings is 3. The van der Waals surface area contributed by atoms with Crippen LogP contribution in [0.15, 0.2) is 71.9 Å². The summed E-state index contributed by atoms with van der Waals surface area (Å²) in [7, 11) is -2.13. The molecule has 1 aliphatic rings. The fourth-order valence-corrected chi connectivity index (χ4v) is 6.25. The van der Waals surface area contributed by atoms with E-state index in [1.54, 1.807) is 43.6 Å².